The number of benzene rings is 1. The average Bonchev–Trinajstić information content (AvgIpc) is 2.65. The zero-order valence-corrected chi connectivity index (χ0v) is 8.94. The highest BCUT2D eigenvalue weighted by atomic mass is 16.2. The Morgan fingerprint density at radius 2 is 2.07 bits per heavy atom. The van der Waals surface area contributed by atoms with Gasteiger partial charge in [0.15, 0.2) is 0 Å². The van der Waals surface area contributed by atoms with Crippen LogP contribution in [0, 0.1) is 6.92 Å². The van der Waals surface area contributed by atoms with E-state index in [1.54, 1.807) is 0 Å². The number of amides is 1. The topological polar surface area (TPSA) is 46.3 Å². The van der Waals surface area contributed by atoms with Crippen LogP contribution in [-0.4, -0.2) is 29.9 Å². The molecule has 1 aliphatic rings. The van der Waals surface area contributed by atoms with E-state index in [0.29, 0.717) is 6.54 Å². The van der Waals surface area contributed by atoms with E-state index in [4.69, 9.17) is 5.73 Å². The summed E-state index contributed by atoms with van der Waals surface area (Å²) in [5.41, 5.74) is 7.70. The second-order valence-corrected chi connectivity index (χ2v) is 4.17. The number of hydrogen-bond donors (Lipinski definition) is 1. The molecular formula is C12H16N2O. The van der Waals surface area contributed by atoms with Crippen LogP contribution in [0.3, 0.4) is 0 Å². The van der Waals surface area contributed by atoms with Crippen LogP contribution in [-0.2, 0) is 0 Å². The van der Waals surface area contributed by atoms with Crippen LogP contribution in [0.5, 0.6) is 0 Å². The molecule has 0 saturated carbocycles. The fraction of sp³-hybridized carbons (Fsp3) is 0.417. The van der Waals surface area contributed by atoms with Crippen molar-refractivity contribution in [3.8, 4) is 0 Å². The van der Waals surface area contributed by atoms with E-state index in [1.165, 1.54) is 5.56 Å². The third-order valence-corrected chi connectivity index (χ3v) is 2.81. The molecule has 1 atom stereocenters. The van der Waals surface area contributed by atoms with Gasteiger partial charge in [-0.25, -0.2) is 0 Å². The van der Waals surface area contributed by atoms with E-state index in [9.17, 15) is 4.79 Å². The summed E-state index contributed by atoms with van der Waals surface area (Å²) >= 11 is 0. The van der Waals surface area contributed by atoms with Gasteiger partial charge in [0, 0.05) is 24.7 Å². The first-order valence-electron chi connectivity index (χ1n) is 5.28. The Balaban J connectivity index is 2.11. The molecule has 0 radical (unpaired) electrons. The summed E-state index contributed by atoms with van der Waals surface area (Å²) in [5.74, 6) is 0.1000. The van der Waals surface area contributed by atoms with E-state index in [1.807, 2.05) is 36.1 Å². The van der Waals surface area contributed by atoms with Crippen molar-refractivity contribution in [2.45, 2.75) is 19.4 Å². The van der Waals surface area contributed by atoms with Gasteiger partial charge in [-0.15, -0.1) is 0 Å². The Kier molecular flexibility index (Phi) is 2.73. The fourth-order valence-corrected chi connectivity index (χ4v) is 1.85. The molecule has 1 aromatic carbocycles. The lowest BCUT2D eigenvalue weighted by Crippen LogP contribution is -2.31. The lowest BCUT2D eigenvalue weighted by Gasteiger charge is -2.15. The zero-order valence-electron chi connectivity index (χ0n) is 8.94. The van der Waals surface area contributed by atoms with Crippen molar-refractivity contribution >= 4 is 5.91 Å². The number of aryl methyl sites for hydroxylation is 1. The Morgan fingerprint density at radius 3 is 2.60 bits per heavy atom. The summed E-state index contributed by atoms with van der Waals surface area (Å²) in [6, 6.07) is 7.83. The molecule has 1 fully saturated rings. The summed E-state index contributed by atoms with van der Waals surface area (Å²) in [7, 11) is 0. The van der Waals surface area contributed by atoms with Crippen molar-refractivity contribution in [3.63, 3.8) is 0 Å². The molecule has 1 amide bonds. The molecule has 15 heavy (non-hydrogen) atoms. The number of rotatable bonds is 1. The van der Waals surface area contributed by atoms with Gasteiger partial charge in [-0.3, -0.25) is 4.79 Å². The van der Waals surface area contributed by atoms with Gasteiger partial charge in [0.2, 0.25) is 0 Å². The standard InChI is InChI=1S/C12H16N2O/c1-9-2-4-10(5-3-9)12(15)14-7-6-11(13)8-14/h2-5,11H,6-8,13H2,1H3/t11-/m0/s1. The van der Waals surface area contributed by atoms with Crippen molar-refractivity contribution in [3.05, 3.63) is 35.4 Å². The minimum absolute atomic E-state index is 0.1000. The second kappa shape index (κ2) is 4.03. The van der Waals surface area contributed by atoms with Gasteiger partial charge in [-0.1, -0.05) is 17.7 Å². The van der Waals surface area contributed by atoms with Crippen molar-refractivity contribution in [2.75, 3.05) is 13.1 Å². The first-order chi connectivity index (χ1) is 7.16. The number of nitrogens with two attached hydrogens (primary N) is 1. The van der Waals surface area contributed by atoms with Crippen LogP contribution in [0.15, 0.2) is 24.3 Å². The number of hydrogen-bond acceptors (Lipinski definition) is 2. The normalized spacial score (nSPS) is 20.7. The first kappa shape index (κ1) is 10.2. The summed E-state index contributed by atoms with van der Waals surface area (Å²) < 4.78 is 0. The molecule has 0 unspecified atom stereocenters. The van der Waals surface area contributed by atoms with Crippen LogP contribution in [0.25, 0.3) is 0 Å². The summed E-state index contributed by atoms with van der Waals surface area (Å²) in [6.07, 6.45) is 0.914. The molecule has 0 spiro atoms. The third kappa shape index (κ3) is 2.18. The molecule has 0 aromatic heterocycles. The first-order valence-corrected chi connectivity index (χ1v) is 5.28. The van der Waals surface area contributed by atoms with Crippen LogP contribution in [0.4, 0.5) is 0 Å². The summed E-state index contributed by atoms with van der Waals surface area (Å²) in [4.78, 5) is 13.8. The zero-order chi connectivity index (χ0) is 10.8. The highest BCUT2D eigenvalue weighted by molar-refractivity contribution is 5.94. The molecule has 0 bridgehead atoms. The van der Waals surface area contributed by atoms with Gasteiger partial charge in [0.1, 0.15) is 0 Å². The molecule has 1 aromatic rings. The largest absolute Gasteiger partial charge is 0.337 e. The minimum Gasteiger partial charge on any atom is -0.337 e. The maximum absolute atomic E-state index is 12.0. The molecule has 3 heteroatoms. The molecule has 1 aliphatic heterocycles. The van der Waals surface area contributed by atoms with Crippen LogP contribution < -0.4 is 5.73 Å². The highest BCUT2D eigenvalue weighted by Gasteiger charge is 2.24. The van der Waals surface area contributed by atoms with Gasteiger partial charge in [0.25, 0.3) is 5.91 Å². The van der Waals surface area contributed by atoms with Gasteiger partial charge in [-0.05, 0) is 25.5 Å². The summed E-state index contributed by atoms with van der Waals surface area (Å²) in [5, 5.41) is 0. The third-order valence-electron chi connectivity index (χ3n) is 2.81. The van der Waals surface area contributed by atoms with Crippen LogP contribution in [0.1, 0.15) is 22.3 Å². The SMILES string of the molecule is Cc1ccc(C(=O)N2CC[C@H](N)C2)cc1. The van der Waals surface area contributed by atoms with E-state index in [2.05, 4.69) is 0 Å². The highest BCUT2D eigenvalue weighted by Crippen LogP contribution is 2.12. The van der Waals surface area contributed by atoms with Crippen molar-refractivity contribution < 1.29 is 4.79 Å². The quantitative estimate of drug-likeness (QED) is 0.746. The predicted molar refractivity (Wildman–Crippen MR) is 59.7 cm³/mol. The van der Waals surface area contributed by atoms with Crippen molar-refractivity contribution in [2.24, 2.45) is 5.73 Å². The van der Waals surface area contributed by atoms with Crippen molar-refractivity contribution in [1.29, 1.82) is 0 Å². The van der Waals surface area contributed by atoms with Gasteiger partial charge in [0.05, 0.1) is 0 Å². The average molecular weight is 204 g/mol. The molecule has 1 heterocycles. The molecule has 1 saturated heterocycles. The maximum Gasteiger partial charge on any atom is 0.253 e. The lowest BCUT2D eigenvalue weighted by atomic mass is 10.1. The molecular weight excluding hydrogens is 188 g/mol. The van der Waals surface area contributed by atoms with E-state index in [0.717, 1.165) is 18.5 Å². The van der Waals surface area contributed by atoms with E-state index >= 15 is 0 Å². The molecule has 80 valence electrons. The van der Waals surface area contributed by atoms with E-state index in [-0.39, 0.29) is 11.9 Å². The Bertz CT molecular complexity index is 358. The second-order valence-electron chi connectivity index (χ2n) is 4.17. The molecule has 0 aliphatic carbocycles. The molecule has 2 N–H and O–H groups in total. The number of nitrogens with zero attached hydrogens (tertiary/aromatic N) is 1. The minimum atomic E-state index is 0.1000. The number of carbonyl (C=O) groups excluding carboxylic acids is 1. The summed E-state index contributed by atoms with van der Waals surface area (Å²) in [6.45, 7) is 3.49. The van der Waals surface area contributed by atoms with Gasteiger partial charge >= 0.3 is 0 Å². The predicted octanol–water partition coefficient (Wildman–Crippen LogP) is 1.17. The smallest absolute Gasteiger partial charge is 0.253 e. The monoisotopic (exact) mass is 204 g/mol. The van der Waals surface area contributed by atoms with Gasteiger partial charge < -0.3 is 10.6 Å². The number of likely N-dealkylation sites (tertiary alicyclic amines) is 1. The lowest BCUT2D eigenvalue weighted by molar-refractivity contribution is 0.0791. The van der Waals surface area contributed by atoms with Crippen LogP contribution in [0.2, 0.25) is 0 Å². The Morgan fingerprint density at radius 1 is 1.40 bits per heavy atom. The molecule has 2 rings (SSSR count). The van der Waals surface area contributed by atoms with Gasteiger partial charge in [-0.2, -0.15) is 0 Å². The van der Waals surface area contributed by atoms with Crippen LogP contribution >= 0.6 is 0 Å². The molecule has 3 nitrogen and oxygen atoms in total. The fourth-order valence-electron chi connectivity index (χ4n) is 1.85. The Hall–Kier alpha value is -1.35. The Labute approximate surface area is 89.9 Å². The maximum atomic E-state index is 12.0. The van der Waals surface area contributed by atoms with Crippen molar-refractivity contribution in [1.82, 2.24) is 4.90 Å². The van der Waals surface area contributed by atoms with E-state index < -0.39 is 0 Å². The number of carbonyl (C=O) groups is 1.